The Balaban J connectivity index is 1.31. The van der Waals surface area contributed by atoms with Crippen molar-refractivity contribution in [3.8, 4) is 16.9 Å². The number of pyridine rings is 2. The molecule has 2 aliphatic rings. The fourth-order valence-corrected chi connectivity index (χ4v) is 5.53. The Morgan fingerprint density at radius 1 is 1.03 bits per heavy atom. The number of halogens is 1. The van der Waals surface area contributed by atoms with E-state index in [1.807, 2.05) is 18.3 Å². The molecule has 1 aliphatic heterocycles. The molecular formula is C24H30ClN5O. The highest BCUT2D eigenvalue weighted by atomic mass is 35.5. The van der Waals surface area contributed by atoms with Gasteiger partial charge in [0.15, 0.2) is 0 Å². The monoisotopic (exact) mass is 439 g/mol. The molecule has 2 fully saturated rings. The number of hydrogen-bond donors (Lipinski definition) is 3. The third-order valence-electron chi connectivity index (χ3n) is 7.02. The molecule has 0 spiro atoms. The van der Waals surface area contributed by atoms with Crippen LogP contribution in [0.2, 0.25) is 5.15 Å². The summed E-state index contributed by atoms with van der Waals surface area (Å²) < 4.78 is 5.35. The van der Waals surface area contributed by atoms with Crippen LogP contribution in [0.3, 0.4) is 0 Å². The fraction of sp³-hybridized carbons (Fsp3) is 0.500. The van der Waals surface area contributed by atoms with Crippen molar-refractivity contribution >= 4 is 28.5 Å². The molecule has 4 heterocycles. The number of piperidine rings is 1. The van der Waals surface area contributed by atoms with Crippen molar-refractivity contribution in [1.82, 2.24) is 20.3 Å². The summed E-state index contributed by atoms with van der Waals surface area (Å²) in [6.45, 7) is 2.38. The normalized spacial score (nSPS) is 22.5. The van der Waals surface area contributed by atoms with E-state index in [9.17, 15) is 0 Å². The molecule has 1 saturated carbocycles. The van der Waals surface area contributed by atoms with Gasteiger partial charge in [0, 0.05) is 23.2 Å². The van der Waals surface area contributed by atoms with Gasteiger partial charge >= 0.3 is 0 Å². The minimum atomic E-state index is 0.460. The first-order valence-corrected chi connectivity index (χ1v) is 11.7. The molecule has 6 nitrogen and oxygen atoms in total. The maximum absolute atomic E-state index is 6.41. The van der Waals surface area contributed by atoms with Gasteiger partial charge in [-0.3, -0.25) is 0 Å². The first-order valence-electron chi connectivity index (χ1n) is 11.4. The summed E-state index contributed by atoms with van der Waals surface area (Å²) in [5, 5.41) is 8.65. The largest absolute Gasteiger partial charge is 0.495 e. The van der Waals surface area contributed by atoms with E-state index in [0.717, 1.165) is 45.6 Å². The van der Waals surface area contributed by atoms with Crippen LogP contribution in [0, 0.1) is 11.8 Å². The van der Waals surface area contributed by atoms with Gasteiger partial charge in [0.25, 0.3) is 0 Å². The number of fused-ring (bicyclic) bond motifs is 1. The smallest absolute Gasteiger partial charge is 0.138 e. The first kappa shape index (κ1) is 20.6. The fourth-order valence-electron chi connectivity index (χ4n) is 5.32. The van der Waals surface area contributed by atoms with Crippen LogP contribution in [0.1, 0.15) is 38.5 Å². The second-order valence-corrected chi connectivity index (χ2v) is 9.27. The van der Waals surface area contributed by atoms with Crippen molar-refractivity contribution < 1.29 is 4.74 Å². The van der Waals surface area contributed by atoms with Gasteiger partial charge < -0.3 is 20.4 Å². The number of rotatable bonds is 5. The van der Waals surface area contributed by atoms with Crippen LogP contribution in [0.4, 0.5) is 5.82 Å². The lowest BCUT2D eigenvalue weighted by Gasteiger charge is -2.36. The number of aromatic nitrogens is 3. The van der Waals surface area contributed by atoms with Crippen molar-refractivity contribution in [1.29, 1.82) is 0 Å². The summed E-state index contributed by atoms with van der Waals surface area (Å²) in [5.74, 6) is 3.37. The zero-order valence-electron chi connectivity index (χ0n) is 18.0. The van der Waals surface area contributed by atoms with Crippen molar-refractivity contribution in [2.75, 3.05) is 25.5 Å². The highest BCUT2D eigenvalue weighted by Gasteiger charge is 2.28. The van der Waals surface area contributed by atoms with E-state index in [0.29, 0.717) is 11.2 Å². The van der Waals surface area contributed by atoms with Crippen molar-refractivity contribution in [3.05, 3.63) is 35.7 Å². The summed E-state index contributed by atoms with van der Waals surface area (Å²) in [4.78, 5) is 12.2. The Kier molecular flexibility index (Phi) is 6.01. The Morgan fingerprint density at radius 2 is 1.81 bits per heavy atom. The molecular weight excluding hydrogens is 410 g/mol. The van der Waals surface area contributed by atoms with Crippen LogP contribution in [0.15, 0.2) is 30.6 Å². The lowest BCUT2D eigenvalue weighted by molar-refractivity contribution is 0.197. The zero-order chi connectivity index (χ0) is 21.2. The van der Waals surface area contributed by atoms with Crippen LogP contribution in [-0.4, -0.2) is 41.2 Å². The third kappa shape index (κ3) is 4.51. The van der Waals surface area contributed by atoms with E-state index in [1.54, 1.807) is 13.3 Å². The Bertz CT molecular complexity index is 1040. The van der Waals surface area contributed by atoms with E-state index < -0.39 is 0 Å². The second-order valence-electron chi connectivity index (χ2n) is 8.88. The van der Waals surface area contributed by atoms with E-state index in [-0.39, 0.29) is 0 Å². The number of hydrogen-bond acceptors (Lipinski definition) is 5. The van der Waals surface area contributed by atoms with Crippen LogP contribution >= 0.6 is 11.6 Å². The SMILES string of the molecule is COc1cnc2[nH]cc(-c3cc(Cl)nc(NC4CCC(C5CCNCC5)CC4)c3)c2c1. The zero-order valence-corrected chi connectivity index (χ0v) is 18.7. The van der Waals surface area contributed by atoms with Crippen LogP contribution in [-0.2, 0) is 0 Å². The molecule has 0 bridgehead atoms. The summed E-state index contributed by atoms with van der Waals surface area (Å²) in [5.41, 5.74) is 2.89. The molecule has 3 N–H and O–H groups in total. The maximum Gasteiger partial charge on any atom is 0.138 e. The van der Waals surface area contributed by atoms with Gasteiger partial charge in [-0.05, 0) is 87.2 Å². The number of ether oxygens (including phenoxy) is 1. The minimum Gasteiger partial charge on any atom is -0.495 e. The predicted octanol–water partition coefficient (Wildman–Crippen LogP) is 5.26. The molecule has 0 radical (unpaired) electrons. The molecule has 1 aliphatic carbocycles. The molecule has 3 aromatic rings. The molecule has 31 heavy (non-hydrogen) atoms. The van der Waals surface area contributed by atoms with Gasteiger partial charge in [0.2, 0.25) is 0 Å². The van der Waals surface area contributed by atoms with Gasteiger partial charge in [-0.15, -0.1) is 0 Å². The van der Waals surface area contributed by atoms with Gasteiger partial charge in [0.05, 0.1) is 13.3 Å². The predicted molar refractivity (Wildman–Crippen MR) is 126 cm³/mol. The summed E-state index contributed by atoms with van der Waals surface area (Å²) in [6.07, 6.45) is 11.4. The van der Waals surface area contributed by atoms with E-state index in [4.69, 9.17) is 16.3 Å². The number of anilines is 1. The summed E-state index contributed by atoms with van der Waals surface area (Å²) in [7, 11) is 1.65. The van der Waals surface area contributed by atoms with Crippen molar-refractivity contribution in [3.63, 3.8) is 0 Å². The topological polar surface area (TPSA) is 74.9 Å². The van der Waals surface area contributed by atoms with E-state index >= 15 is 0 Å². The number of aromatic amines is 1. The minimum absolute atomic E-state index is 0.460. The lowest BCUT2D eigenvalue weighted by atomic mass is 9.75. The van der Waals surface area contributed by atoms with E-state index in [2.05, 4.69) is 31.7 Å². The van der Waals surface area contributed by atoms with Gasteiger partial charge in [0.1, 0.15) is 22.4 Å². The van der Waals surface area contributed by atoms with Crippen LogP contribution < -0.4 is 15.4 Å². The molecule has 7 heteroatoms. The molecule has 0 amide bonds. The molecule has 1 saturated heterocycles. The molecule has 5 rings (SSSR count). The van der Waals surface area contributed by atoms with Crippen LogP contribution in [0.5, 0.6) is 5.75 Å². The quantitative estimate of drug-likeness (QED) is 0.473. The highest BCUT2D eigenvalue weighted by Crippen LogP contribution is 2.36. The molecule has 0 aromatic carbocycles. The summed E-state index contributed by atoms with van der Waals surface area (Å²) >= 11 is 6.41. The van der Waals surface area contributed by atoms with Crippen molar-refractivity contribution in [2.45, 2.75) is 44.6 Å². The average Bonchev–Trinajstić information content (AvgIpc) is 3.23. The number of nitrogens with zero attached hydrogens (tertiary/aromatic N) is 2. The molecule has 0 atom stereocenters. The summed E-state index contributed by atoms with van der Waals surface area (Å²) in [6, 6.07) is 6.45. The lowest BCUT2D eigenvalue weighted by Crippen LogP contribution is -2.35. The van der Waals surface area contributed by atoms with Gasteiger partial charge in [-0.25, -0.2) is 9.97 Å². The maximum atomic E-state index is 6.41. The molecule has 164 valence electrons. The van der Waals surface area contributed by atoms with Crippen molar-refractivity contribution in [2.24, 2.45) is 11.8 Å². The van der Waals surface area contributed by atoms with Gasteiger partial charge in [-0.1, -0.05) is 11.6 Å². The number of methoxy groups -OCH3 is 1. The second kappa shape index (κ2) is 9.05. The number of nitrogens with one attached hydrogen (secondary N) is 3. The van der Waals surface area contributed by atoms with Gasteiger partial charge in [-0.2, -0.15) is 0 Å². The Morgan fingerprint density at radius 3 is 2.58 bits per heavy atom. The molecule has 3 aromatic heterocycles. The molecule has 0 unspecified atom stereocenters. The first-order chi connectivity index (χ1) is 15.2. The van der Waals surface area contributed by atoms with Crippen LogP contribution in [0.25, 0.3) is 22.2 Å². The third-order valence-corrected chi connectivity index (χ3v) is 7.21. The van der Waals surface area contributed by atoms with E-state index in [1.165, 1.54) is 51.6 Å². The Labute approximate surface area is 188 Å². The standard InChI is InChI=1S/C24H30ClN5O/c1-31-19-12-20-21(14-28-24(20)27-13-19)17-10-22(25)30-23(11-17)29-18-4-2-15(3-5-18)16-6-8-26-9-7-16/h10-16,18,26H,2-9H2,1H3,(H,27,28)(H,29,30). The average molecular weight is 440 g/mol. The number of H-pyrrole nitrogens is 1. The Hall–Kier alpha value is -2.31. The highest BCUT2D eigenvalue weighted by molar-refractivity contribution is 6.29.